The summed E-state index contributed by atoms with van der Waals surface area (Å²) in [6, 6.07) is 4.81. The first kappa shape index (κ1) is 11.5. The Bertz CT molecular complexity index is 337. The quantitative estimate of drug-likeness (QED) is 0.701. The normalized spacial score (nSPS) is 10.1. The molecule has 0 saturated carbocycles. The molecule has 82 valence electrons. The zero-order valence-electron chi connectivity index (χ0n) is 8.37. The predicted molar refractivity (Wildman–Crippen MR) is 53.5 cm³/mol. The average molecular weight is 214 g/mol. The third kappa shape index (κ3) is 3.23. The molecule has 0 heterocycles. The minimum Gasteiger partial charge on any atom is -0.493 e. The van der Waals surface area contributed by atoms with Gasteiger partial charge in [-0.2, -0.15) is 8.78 Å². The van der Waals surface area contributed by atoms with Crippen LogP contribution in [0.1, 0.15) is 5.56 Å². The Morgan fingerprint density at radius 3 is 2.67 bits per heavy atom. The van der Waals surface area contributed by atoms with Crippen molar-refractivity contribution in [2.45, 2.75) is 13.0 Å². The maximum Gasteiger partial charge on any atom is 0.387 e. The Morgan fingerprint density at radius 1 is 1.40 bits per heavy atom. The van der Waals surface area contributed by atoms with Crippen LogP contribution in [0, 0.1) is 0 Å². The number of allylic oxidation sites excluding steroid dienone is 1. The van der Waals surface area contributed by atoms with E-state index in [0.717, 1.165) is 5.56 Å². The molecule has 0 aliphatic carbocycles. The first-order valence-electron chi connectivity index (χ1n) is 4.40. The van der Waals surface area contributed by atoms with Crippen LogP contribution >= 0.6 is 0 Å². The molecular formula is C11H12F2O2. The lowest BCUT2D eigenvalue weighted by atomic mass is 10.1. The number of alkyl halides is 2. The number of hydrogen-bond donors (Lipinski definition) is 0. The van der Waals surface area contributed by atoms with E-state index in [2.05, 4.69) is 11.3 Å². The predicted octanol–water partition coefficient (Wildman–Crippen LogP) is 3.03. The number of hydrogen-bond acceptors (Lipinski definition) is 2. The molecule has 0 aliphatic rings. The second-order valence-electron chi connectivity index (χ2n) is 2.86. The van der Waals surface area contributed by atoms with E-state index in [9.17, 15) is 8.78 Å². The first-order chi connectivity index (χ1) is 7.17. The van der Waals surface area contributed by atoms with Crippen molar-refractivity contribution in [2.24, 2.45) is 0 Å². The molecule has 0 radical (unpaired) electrons. The highest BCUT2D eigenvalue weighted by molar-refractivity contribution is 5.43. The minimum atomic E-state index is -2.84. The van der Waals surface area contributed by atoms with Crippen molar-refractivity contribution >= 4 is 0 Å². The van der Waals surface area contributed by atoms with E-state index in [4.69, 9.17) is 4.74 Å². The monoisotopic (exact) mass is 214 g/mol. The maximum absolute atomic E-state index is 12.0. The summed E-state index contributed by atoms with van der Waals surface area (Å²) in [6.07, 6.45) is 2.38. The van der Waals surface area contributed by atoms with Crippen LogP contribution < -0.4 is 9.47 Å². The summed E-state index contributed by atoms with van der Waals surface area (Å²) >= 11 is 0. The third-order valence-corrected chi connectivity index (χ3v) is 1.82. The molecule has 0 saturated heterocycles. The van der Waals surface area contributed by atoms with Crippen molar-refractivity contribution in [2.75, 3.05) is 7.11 Å². The van der Waals surface area contributed by atoms with Gasteiger partial charge in [0.25, 0.3) is 0 Å². The minimum absolute atomic E-state index is 0.0420. The van der Waals surface area contributed by atoms with Gasteiger partial charge in [0.15, 0.2) is 11.5 Å². The molecule has 0 amide bonds. The molecule has 0 bridgehead atoms. The summed E-state index contributed by atoms with van der Waals surface area (Å²) in [6.45, 7) is 0.747. The number of ether oxygens (including phenoxy) is 2. The van der Waals surface area contributed by atoms with Crippen molar-refractivity contribution in [3.05, 3.63) is 36.4 Å². The molecule has 0 N–H and O–H groups in total. The molecule has 0 aromatic heterocycles. The zero-order valence-corrected chi connectivity index (χ0v) is 8.37. The summed E-state index contributed by atoms with van der Waals surface area (Å²) in [5.41, 5.74) is 0.934. The van der Waals surface area contributed by atoms with Crippen LogP contribution in [-0.4, -0.2) is 13.7 Å². The van der Waals surface area contributed by atoms with Crippen molar-refractivity contribution in [3.8, 4) is 11.5 Å². The zero-order chi connectivity index (χ0) is 11.3. The Kier molecular flexibility index (Phi) is 4.09. The molecule has 15 heavy (non-hydrogen) atoms. The Balaban J connectivity index is 2.92. The van der Waals surface area contributed by atoms with Gasteiger partial charge in [-0.25, -0.2) is 0 Å². The van der Waals surface area contributed by atoms with Crippen molar-refractivity contribution in [3.63, 3.8) is 0 Å². The molecule has 0 spiro atoms. The van der Waals surface area contributed by atoms with Crippen LogP contribution in [0.15, 0.2) is 30.9 Å². The number of methoxy groups -OCH3 is 1. The molecule has 1 rings (SSSR count). The van der Waals surface area contributed by atoms with Gasteiger partial charge in [0.2, 0.25) is 0 Å². The molecule has 2 nitrogen and oxygen atoms in total. The lowest BCUT2D eigenvalue weighted by molar-refractivity contribution is -0.0512. The van der Waals surface area contributed by atoms with Crippen molar-refractivity contribution < 1.29 is 18.3 Å². The SMILES string of the molecule is C=CCc1ccc(OC(F)F)c(OC)c1. The van der Waals surface area contributed by atoms with Gasteiger partial charge in [-0.3, -0.25) is 0 Å². The topological polar surface area (TPSA) is 18.5 Å². The van der Waals surface area contributed by atoms with E-state index in [1.54, 1.807) is 18.2 Å². The van der Waals surface area contributed by atoms with E-state index in [1.165, 1.54) is 13.2 Å². The van der Waals surface area contributed by atoms with Gasteiger partial charge in [0.1, 0.15) is 0 Å². The van der Waals surface area contributed by atoms with Gasteiger partial charge in [-0.15, -0.1) is 6.58 Å². The Hall–Kier alpha value is -1.58. The highest BCUT2D eigenvalue weighted by Gasteiger charge is 2.10. The number of rotatable bonds is 5. The largest absolute Gasteiger partial charge is 0.493 e. The molecule has 0 atom stereocenters. The van der Waals surface area contributed by atoms with E-state index in [-0.39, 0.29) is 5.75 Å². The summed E-state index contributed by atoms with van der Waals surface area (Å²) in [4.78, 5) is 0. The molecule has 4 heteroatoms. The standard InChI is InChI=1S/C11H12F2O2/c1-3-4-8-5-6-9(15-11(12)13)10(7-8)14-2/h3,5-7,11H,1,4H2,2H3. The molecule has 1 aromatic rings. The molecule has 0 unspecified atom stereocenters. The average Bonchev–Trinajstić information content (AvgIpc) is 2.20. The molecular weight excluding hydrogens is 202 g/mol. The second-order valence-corrected chi connectivity index (χ2v) is 2.86. The highest BCUT2D eigenvalue weighted by Crippen LogP contribution is 2.29. The van der Waals surface area contributed by atoms with E-state index in [0.29, 0.717) is 12.2 Å². The summed E-state index contributed by atoms with van der Waals surface area (Å²) in [5, 5.41) is 0. The summed E-state index contributed by atoms with van der Waals surface area (Å²) < 4.78 is 33.2. The first-order valence-corrected chi connectivity index (χ1v) is 4.40. The van der Waals surface area contributed by atoms with Crippen molar-refractivity contribution in [1.82, 2.24) is 0 Å². The fourth-order valence-corrected chi connectivity index (χ4v) is 1.20. The van der Waals surface area contributed by atoms with Gasteiger partial charge >= 0.3 is 6.61 Å². The van der Waals surface area contributed by atoms with Crippen LogP contribution in [0.2, 0.25) is 0 Å². The van der Waals surface area contributed by atoms with Gasteiger partial charge < -0.3 is 9.47 Å². The van der Waals surface area contributed by atoms with Crippen LogP contribution in [0.3, 0.4) is 0 Å². The van der Waals surface area contributed by atoms with Crippen LogP contribution in [-0.2, 0) is 6.42 Å². The second kappa shape index (κ2) is 5.34. The number of halogens is 2. The Morgan fingerprint density at radius 2 is 2.13 bits per heavy atom. The van der Waals surface area contributed by atoms with Gasteiger partial charge in [-0.05, 0) is 24.1 Å². The Labute approximate surface area is 87.1 Å². The van der Waals surface area contributed by atoms with Gasteiger partial charge in [0, 0.05) is 0 Å². The lowest BCUT2D eigenvalue weighted by Gasteiger charge is -2.10. The molecule has 0 aliphatic heterocycles. The fourth-order valence-electron chi connectivity index (χ4n) is 1.20. The van der Waals surface area contributed by atoms with E-state index < -0.39 is 6.61 Å². The van der Waals surface area contributed by atoms with Gasteiger partial charge in [0.05, 0.1) is 7.11 Å². The molecule has 0 fully saturated rings. The number of benzene rings is 1. The molecule has 1 aromatic carbocycles. The third-order valence-electron chi connectivity index (χ3n) is 1.82. The van der Waals surface area contributed by atoms with Crippen molar-refractivity contribution in [1.29, 1.82) is 0 Å². The van der Waals surface area contributed by atoms with E-state index in [1.807, 2.05) is 0 Å². The van der Waals surface area contributed by atoms with Crippen LogP contribution in [0.5, 0.6) is 11.5 Å². The smallest absolute Gasteiger partial charge is 0.387 e. The van der Waals surface area contributed by atoms with E-state index >= 15 is 0 Å². The van der Waals surface area contributed by atoms with Crippen LogP contribution in [0.25, 0.3) is 0 Å². The highest BCUT2D eigenvalue weighted by atomic mass is 19.3. The van der Waals surface area contributed by atoms with Crippen LogP contribution in [0.4, 0.5) is 8.78 Å². The fraction of sp³-hybridized carbons (Fsp3) is 0.273. The maximum atomic E-state index is 12.0. The lowest BCUT2D eigenvalue weighted by Crippen LogP contribution is -2.03. The summed E-state index contributed by atoms with van der Waals surface area (Å²) in [7, 11) is 1.41. The van der Waals surface area contributed by atoms with Gasteiger partial charge in [-0.1, -0.05) is 12.1 Å². The summed E-state index contributed by atoms with van der Waals surface area (Å²) in [5.74, 6) is 0.343.